The zero-order chi connectivity index (χ0) is 9.68. The van der Waals surface area contributed by atoms with E-state index < -0.39 is 0 Å². The third kappa shape index (κ3) is 4.48. The molecule has 0 saturated heterocycles. The van der Waals surface area contributed by atoms with Gasteiger partial charge in [-0.25, -0.2) is 0 Å². The Morgan fingerprint density at radius 2 is 2.31 bits per heavy atom. The van der Waals surface area contributed by atoms with Crippen LogP contribution in [0.4, 0.5) is 0 Å². The molecule has 0 aliphatic rings. The Morgan fingerprint density at radius 1 is 1.54 bits per heavy atom. The number of hydrogen-bond donors (Lipinski definition) is 0. The second-order valence-corrected chi connectivity index (χ2v) is 4.91. The van der Waals surface area contributed by atoms with Gasteiger partial charge in [-0.15, -0.1) is 0 Å². The molecule has 0 amide bonds. The second kappa shape index (κ2) is 5.45. The van der Waals surface area contributed by atoms with Crippen LogP contribution in [0.3, 0.4) is 0 Å². The summed E-state index contributed by atoms with van der Waals surface area (Å²) in [6.07, 6.45) is 0.948. The van der Waals surface area contributed by atoms with Crippen molar-refractivity contribution in [1.29, 1.82) is 0 Å². The normalized spacial score (nSPS) is 10.0. The van der Waals surface area contributed by atoms with Crippen molar-refractivity contribution >= 4 is 32.8 Å². The molecule has 0 radical (unpaired) electrons. The van der Waals surface area contributed by atoms with Gasteiger partial charge in [0.25, 0.3) is 0 Å². The minimum absolute atomic E-state index is 0.190. The van der Waals surface area contributed by atoms with E-state index in [0.717, 1.165) is 16.6 Å². The summed E-state index contributed by atoms with van der Waals surface area (Å²) >= 11 is 4.79. The van der Waals surface area contributed by atoms with Gasteiger partial charge in [-0.2, -0.15) is 0 Å². The van der Waals surface area contributed by atoms with Gasteiger partial charge >= 0.3 is 0 Å². The summed E-state index contributed by atoms with van der Waals surface area (Å²) < 4.78 is 1.10. The Bertz CT molecular complexity index is 299. The smallest absolute Gasteiger partial charge is 0.185 e. The Kier molecular flexibility index (Phi) is 4.53. The van der Waals surface area contributed by atoms with Gasteiger partial charge in [0.15, 0.2) is 5.12 Å². The number of halogens is 1. The van der Waals surface area contributed by atoms with Crippen molar-refractivity contribution in [3.8, 4) is 0 Å². The molecule has 1 nitrogen and oxygen atoms in total. The summed E-state index contributed by atoms with van der Waals surface area (Å²) in [4.78, 5) is 10.7. The van der Waals surface area contributed by atoms with Gasteiger partial charge in [0.1, 0.15) is 0 Å². The fourth-order valence-corrected chi connectivity index (χ4v) is 2.08. The fourth-order valence-electron chi connectivity index (χ4n) is 1.01. The maximum Gasteiger partial charge on any atom is 0.185 e. The minimum Gasteiger partial charge on any atom is -0.288 e. The number of hydrogen-bond acceptors (Lipinski definition) is 2. The summed E-state index contributed by atoms with van der Waals surface area (Å²) in [5.74, 6) is 0.867. The first-order chi connectivity index (χ1) is 6.18. The molecule has 0 aliphatic carbocycles. The molecule has 0 unspecified atom stereocenters. The first-order valence-electron chi connectivity index (χ1n) is 4.06. The van der Waals surface area contributed by atoms with E-state index in [-0.39, 0.29) is 5.12 Å². The van der Waals surface area contributed by atoms with E-state index in [1.54, 1.807) is 6.92 Å². The van der Waals surface area contributed by atoms with E-state index in [1.165, 1.54) is 17.3 Å². The van der Waals surface area contributed by atoms with E-state index in [9.17, 15) is 4.79 Å². The van der Waals surface area contributed by atoms with Crippen molar-refractivity contribution in [1.82, 2.24) is 0 Å². The van der Waals surface area contributed by atoms with E-state index in [0.29, 0.717) is 0 Å². The van der Waals surface area contributed by atoms with E-state index in [1.807, 2.05) is 12.1 Å². The fraction of sp³-hybridized carbons (Fsp3) is 0.300. The maximum absolute atomic E-state index is 10.7. The van der Waals surface area contributed by atoms with Crippen LogP contribution in [-0.2, 0) is 11.2 Å². The zero-order valence-electron chi connectivity index (χ0n) is 7.42. The zero-order valence-corrected chi connectivity index (χ0v) is 9.82. The molecule has 0 bridgehead atoms. The topological polar surface area (TPSA) is 17.1 Å². The molecule has 1 rings (SSSR count). The van der Waals surface area contributed by atoms with Gasteiger partial charge in [-0.05, 0) is 24.1 Å². The summed E-state index contributed by atoms with van der Waals surface area (Å²) in [6, 6.07) is 8.17. The Morgan fingerprint density at radius 3 is 2.92 bits per heavy atom. The van der Waals surface area contributed by atoms with E-state index in [4.69, 9.17) is 0 Å². The average Bonchev–Trinajstić information content (AvgIpc) is 2.03. The molecule has 0 saturated carbocycles. The molecular formula is C10H11BrOS. The molecule has 3 heteroatoms. The standard InChI is InChI=1S/C10H11BrOS/c1-8(12)13-6-5-9-3-2-4-10(11)7-9/h2-4,7H,5-6H2,1H3. The Labute approximate surface area is 91.0 Å². The number of aryl methyl sites for hydroxylation is 1. The van der Waals surface area contributed by atoms with Crippen LogP contribution in [0.25, 0.3) is 0 Å². The molecule has 1 aromatic rings. The second-order valence-electron chi connectivity index (χ2n) is 2.72. The highest BCUT2D eigenvalue weighted by Gasteiger charge is 1.96. The van der Waals surface area contributed by atoms with Gasteiger partial charge in [0.05, 0.1) is 0 Å². The molecule has 0 aliphatic heterocycles. The van der Waals surface area contributed by atoms with Crippen LogP contribution >= 0.6 is 27.7 Å². The lowest BCUT2D eigenvalue weighted by molar-refractivity contribution is -0.109. The van der Waals surface area contributed by atoms with Crippen LogP contribution in [0.1, 0.15) is 12.5 Å². The maximum atomic E-state index is 10.7. The minimum atomic E-state index is 0.190. The van der Waals surface area contributed by atoms with Gasteiger partial charge < -0.3 is 0 Å². The first-order valence-corrected chi connectivity index (χ1v) is 5.84. The largest absolute Gasteiger partial charge is 0.288 e. The predicted octanol–water partition coefficient (Wildman–Crippen LogP) is 3.27. The quantitative estimate of drug-likeness (QED) is 0.828. The van der Waals surface area contributed by atoms with Crippen molar-refractivity contribution in [2.24, 2.45) is 0 Å². The van der Waals surface area contributed by atoms with Crippen LogP contribution in [0.2, 0.25) is 0 Å². The van der Waals surface area contributed by atoms with Crippen molar-refractivity contribution in [3.63, 3.8) is 0 Å². The third-order valence-corrected chi connectivity index (χ3v) is 2.89. The molecule has 0 spiro atoms. The average molecular weight is 259 g/mol. The number of benzene rings is 1. The summed E-state index contributed by atoms with van der Waals surface area (Å²) in [6.45, 7) is 1.60. The van der Waals surface area contributed by atoms with Crippen molar-refractivity contribution in [3.05, 3.63) is 34.3 Å². The molecule has 70 valence electrons. The highest BCUT2D eigenvalue weighted by molar-refractivity contribution is 9.10. The van der Waals surface area contributed by atoms with Crippen LogP contribution < -0.4 is 0 Å². The highest BCUT2D eigenvalue weighted by atomic mass is 79.9. The number of thioether (sulfide) groups is 1. The molecule has 0 N–H and O–H groups in total. The van der Waals surface area contributed by atoms with Crippen LogP contribution in [0, 0.1) is 0 Å². The van der Waals surface area contributed by atoms with Crippen LogP contribution in [-0.4, -0.2) is 10.9 Å². The Hall–Kier alpha value is -0.280. The molecule has 1 aromatic carbocycles. The molecule has 0 atom stereocenters. The predicted molar refractivity (Wildman–Crippen MR) is 61.0 cm³/mol. The van der Waals surface area contributed by atoms with Crippen molar-refractivity contribution < 1.29 is 4.79 Å². The van der Waals surface area contributed by atoms with Crippen LogP contribution in [0.5, 0.6) is 0 Å². The lowest BCUT2D eigenvalue weighted by Crippen LogP contribution is -1.91. The highest BCUT2D eigenvalue weighted by Crippen LogP contribution is 2.13. The number of carbonyl (C=O) groups is 1. The van der Waals surface area contributed by atoms with Gasteiger partial charge in [0.2, 0.25) is 0 Å². The lowest BCUT2D eigenvalue weighted by atomic mass is 10.2. The van der Waals surface area contributed by atoms with E-state index in [2.05, 4.69) is 28.1 Å². The van der Waals surface area contributed by atoms with Crippen molar-refractivity contribution in [2.45, 2.75) is 13.3 Å². The number of rotatable bonds is 3. The monoisotopic (exact) mass is 258 g/mol. The Balaban J connectivity index is 2.41. The van der Waals surface area contributed by atoms with Crippen LogP contribution in [0.15, 0.2) is 28.7 Å². The lowest BCUT2D eigenvalue weighted by Gasteiger charge is -1.99. The van der Waals surface area contributed by atoms with E-state index >= 15 is 0 Å². The summed E-state index contributed by atoms with van der Waals surface area (Å²) in [5, 5.41) is 0.190. The third-order valence-electron chi connectivity index (χ3n) is 1.59. The molecule has 0 heterocycles. The summed E-state index contributed by atoms with van der Waals surface area (Å²) in [7, 11) is 0. The number of carbonyl (C=O) groups excluding carboxylic acids is 1. The summed E-state index contributed by atoms with van der Waals surface area (Å²) in [5.41, 5.74) is 1.27. The SMILES string of the molecule is CC(=O)SCCc1cccc(Br)c1. The molecule has 0 fully saturated rings. The molecule has 0 aromatic heterocycles. The molecule has 13 heavy (non-hydrogen) atoms. The van der Waals surface area contributed by atoms with Gasteiger partial charge in [-0.1, -0.05) is 39.8 Å². The van der Waals surface area contributed by atoms with Gasteiger partial charge in [0, 0.05) is 17.1 Å². The molecular weight excluding hydrogens is 248 g/mol. The first kappa shape index (κ1) is 10.8. The van der Waals surface area contributed by atoms with Gasteiger partial charge in [-0.3, -0.25) is 4.79 Å². The van der Waals surface area contributed by atoms with Crippen molar-refractivity contribution in [2.75, 3.05) is 5.75 Å².